The number of hydrogen-bond donors (Lipinski definition) is 0. The van der Waals surface area contributed by atoms with Crippen LogP contribution in [0.3, 0.4) is 0 Å². The summed E-state index contributed by atoms with van der Waals surface area (Å²) >= 11 is 0. The second kappa shape index (κ2) is 11.4. The summed E-state index contributed by atoms with van der Waals surface area (Å²) in [6.07, 6.45) is 0. The van der Waals surface area contributed by atoms with Crippen molar-refractivity contribution in [2.24, 2.45) is 0 Å². The minimum Gasteiger partial charge on any atom is -0.192 e. The van der Waals surface area contributed by atoms with Gasteiger partial charge < -0.3 is 0 Å². The highest BCUT2D eigenvalue weighted by Crippen LogP contribution is 2.25. The second-order valence-corrected chi connectivity index (χ2v) is 9.20. The zero-order valence-corrected chi connectivity index (χ0v) is 21.9. The van der Waals surface area contributed by atoms with Gasteiger partial charge in [-0.1, -0.05) is 66.7 Å². The summed E-state index contributed by atoms with van der Waals surface area (Å²) < 4.78 is 0. The molecule has 0 saturated carbocycles. The van der Waals surface area contributed by atoms with Crippen LogP contribution >= 0.6 is 0 Å². The van der Waals surface area contributed by atoms with Gasteiger partial charge in [0.05, 0.1) is 57.7 Å². The zero-order valence-electron chi connectivity index (χ0n) is 21.9. The van der Waals surface area contributed by atoms with Gasteiger partial charge >= 0.3 is 0 Å². The molecule has 0 radical (unpaired) electrons. The first-order chi connectivity index (χ1) is 20.6. The van der Waals surface area contributed by atoms with Crippen LogP contribution in [-0.2, 0) is 0 Å². The number of nitriles is 6. The van der Waals surface area contributed by atoms with E-state index in [1.165, 1.54) is 12.1 Å². The van der Waals surface area contributed by atoms with Gasteiger partial charge in [0.2, 0.25) is 0 Å². The Balaban J connectivity index is 2.08. The summed E-state index contributed by atoms with van der Waals surface area (Å²) in [7, 11) is 0. The third kappa shape index (κ3) is 4.58. The molecule has 0 unspecified atom stereocenters. The monoisotopic (exact) mass is 532 g/mol. The normalized spacial score (nSPS) is 11.5. The second-order valence-electron chi connectivity index (χ2n) is 9.20. The fourth-order valence-electron chi connectivity index (χ4n) is 5.06. The lowest BCUT2D eigenvalue weighted by molar-refractivity contribution is 1.41. The van der Waals surface area contributed by atoms with Crippen molar-refractivity contribution in [1.82, 2.24) is 0 Å². The summed E-state index contributed by atoms with van der Waals surface area (Å²) in [6.45, 7) is 0. The molecule has 0 amide bonds. The predicted octanol–water partition coefficient (Wildman–Crippen LogP) is 5.44. The molecule has 0 N–H and O–H groups in total. The van der Waals surface area contributed by atoms with Gasteiger partial charge in [-0.2, -0.15) is 31.6 Å². The van der Waals surface area contributed by atoms with Gasteiger partial charge in [0.1, 0.15) is 12.1 Å². The Hall–Kier alpha value is -6.96. The van der Waals surface area contributed by atoms with Crippen molar-refractivity contribution in [3.63, 3.8) is 0 Å². The summed E-state index contributed by atoms with van der Waals surface area (Å²) in [4.78, 5) is 0. The number of fused-ring (bicyclic) bond motifs is 1. The molecule has 0 fully saturated rings. The van der Waals surface area contributed by atoms with Crippen molar-refractivity contribution in [2.45, 2.75) is 0 Å². The maximum Gasteiger partial charge on any atom is 0.100 e. The van der Waals surface area contributed by atoms with Gasteiger partial charge in [0, 0.05) is 21.6 Å². The molecular formula is C36H16N6. The average Bonchev–Trinajstić information content (AvgIpc) is 3.06. The fourth-order valence-corrected chi connectivity index (χ4v) is 5.06. The summed E-state index contributed by atoms with van der Waals surface area (Å²) in [5, 5.41) is 61.9. The highest BCUT2D eigenvalue weighted by atomic mass is 14.3. The van der Waals surface area contributed by atoms with E-state index in [9.17, 15) is 31.6 Å². The van der Waals surface area contributed by atoms with Crippen LogP contribution in [0, 0.1) is 68.0 Å². The minimum absolute atomic E-state index is 0.193. The minimum atomic E-state index is 0.193. The first-order valence-electron chi connectivity index (χ1n) is 12.6. The summed E-state index contributed by atoms with van der Waals surface area (Å²) in [5.41, 5.74) is 3.68. The molecule has 5 aromatic rings. The Kier molecular flexibility index (Phi) is 7.24. The molecule has 190 valence electrons. The number of hydrogen-bond acceptors (Lipinski definition) is 6. The van der Waals surface area contributed by atoms with Crippen molar-refractivity contribution in [3.05, 3.63) is 141 Å². The van der Waals surface area contributed by atoms with Crippen LogP contribution in [0.4, 0.5) is 0 Å². The highest BCUT2D eigenvalue weighted by Gasteiger charge is 2.18. The van der Waals surface area contributed by atoms with E-state index in [-0.39, 0.29) is 22.3 Å². The van der Waals surface area contributed by atoms with Crippen LogP contribution in [0.2, 0.25) is 0 Å². The first-order valence-corrected chi connectivity index (χ1v) is 12.6. The number of benzene rings is 5. The Labute approximate surface area is 241 Å². The van der Waals surface area contributed by atoms with E-state index < -0.39 is 0 Å². The van der Waals surface area contributed by atoms with E-state index in [2.05, 4.69) is 24.3 Å². The largest absolute Gasteiger partial charge is 0.192 e. The van der Waals surface area contributed by atoms with E-state index in [1.54, 1.807) is 24.3 Å². The Bertz CT molecular complexity index is 2310. The quantitative estimate of drug-likeness (QED) is 0.303. The van der Waals surface area contributed by atoms with Crippen molar-refractivity contribution in [3.8, 4) is 47.5 Å². The zero-order chi connectivity index (χ0) is 29.6. The van der Waals surface area contributed by atoms with Gasteiger partial charge in [0.25, 0.3) is 0 Å². The molecule has 0 aliphatic heterocycles. The molecular weight excluding hydrogens is 516 g/mol. The van der Waals surface area contributed by atoms with E-state index in [4.69, 9.17) is 0 Å². The molecule has 0 heterocycles. The van der Waals surface area contributed by atoms with Gasteiger partial charge in [-0.3, -0.25) is 0 Å². The SMILES string of the molecule is N#C/C(c1ccc(C#N)cc1C#N)=c1/cc(-c2ccccc2)/c(=C(\C#N)c2ccc(C#N)cc2C#N)c2ccccc12. The molecule has 6 heteroatoms. The molecule has 0 atom stereocenters. The van der Waals surface area contributed by atoms with E-state index in [1.807, 2.05) is 72.8 Å². The topological polar surface area (TPSA) is 143 Å². The lowest BCUT2D eigenvalue weighted by Gasteiger charge is -2.13. The highest BCUT2D eigenvalue weighted by molar-refractivity contribution is 5.98. The van der Waals surface area contributed by atoms with E-state index in [0.717, 1.165) is 5.56 Å². The van der Waals surface area contributed by atoms with E-state index >= 15 is 0 Å². The van der Waals surface area contributed by atoms with Gasteiger partial charge in [-0.15, -0.1) is 0 Å². The smallest absolute Gasteiger partial charge is 0.100 e. The van der Waals surface area contributed by atoms with Gasteiger partial charge in [0.15, 0.2) is 0 Å². The van der Waals surface area contributed by atoms with Crippen molar-refractivity contribution >= 4 is 21.9 Å². The van der Waals surface area contributed by atoms with Gasteiger partial charge in [-0.05, 0) is 52.2 Å². The molecule has 0 spiro atoms. The van der Waals surface area contributed by atoms with Crippen LogP contribution in [-0.4, -0.2) is 0 Å². The molecule has 0 aliphatic rings. The Morgan fingerprint density at radius 2 is 1.00 bits per heavy atom. The Morgan fingerprint density at radius 1 is 0.476 bits per heavy atom. The van der Waals surface area contributed by atoms with Crippen LogP contribution in [0.5, 0.6) is 0 Å². The van der Waals surface area contributed by atoms with Crippen molar-refractivity contribution in [1.29, 1.82) is 31.6 Å². The van der Waals surface area contributed by atoms with E-state index in [0.29, 0.717) is 49.0 Å². The predicted molar refractivity (Wildman–Crippen MR) is 157 cm³/mol. The molecule has 42 heavy (non-hydrogen) atoms. The lowest BCUT2D eigenvalue weighted by atomic mass is 9.88. The Morgan fingerprint density at radius 3 is 1.52 bits per heavy atom. The molecule has 0 aliphatic carbocycles. The van der Waals surface area contributed by atoms with Crippen LogP contribution in [0.25, 0.3) is 33.0 Å². The molecule has 6 nitrogen and oxygen atoms in total. The maximum absolute atomic E-state index is 10.5. The number of rotatable bonds is 3. The lowest BCUT2D eigenvalue weighted by Crippen LogP contribution is -2.20. The first kappa shape index (κ1) is 26.6. The van der Waals surface area contributed by atoms with Crippen molar-refractivity contribution in [2.75, 3.05) is 0 Å². The molecule has 5 aromatic carbocycles. The standard InChI is InChI=1S/C36H16N6/c37-17-23-10-12-28(26(14-23)19-39)34(21-41)33-16-32(25-6-2-1-3-7-25)36(31-9-5-4-8-30(31)33)35(22-42)29-13-11-24(18-38)15-27(29)20-40/h1-16H/b34-33+,36-35+. The average molecular weight is 533 g/mol. The molecule has 0 bridgehead atoms. The molecule has 5 rings (SSSR count). The van der Waals surface area contributed by atoms with Crippen LogP contribution < -0.4 is 10.4 Å². The molecule has 0 aromatic heterocycles. The number of nitrogens with zero attached hydrogens (tertiary/aromatic N) is 6. The van der Waals surface area contributed by atoms with Crippen LogP contribution in [0.1, 0.15) is 33.4 Å². The summed E-state index contributed by atoms with van der Waals surface area (Å²) in [5.74, 6) is 0. The van der Waals surface area contributed by atoms with Gasteiger partial charge in [-0.25, -0.2) is 0 Å². The third-order valence-corrected chi connectivity index (χ3v) is 6.95. The molecule has 0 saturated heterocycles. The maximum atomic E-state index is 10.5. The van der Waals surface area contributed by atoms with Crippen LogP contribution in [0.15, 0.2) is 97.1 Å². The van der Waals surface area contributed by atoms with Crippen molar-refractivity contribution < 1.29 is 0 Å². The fraction of sp³-hybridized carbons (Fsp3) is 0. The summed E-state index contributed by atoms with van der Waals surface area (Å²) in [6, 6.07) is 40.7. The third-order valence-electron chi connectivity index (χ3n) is 6.95.